The van der Waals surface area contributed by atoms with E-state index in [0.717, 1.165) is 29.7 Å². The van der Waals surface area contributed by atoms with E-state index in [2.05, 4.69) is 27.4 Å². The lowest BCUT2D eigenvalue weighted by atomic mass is 10.2. The highest BCUT2D eigenvalue weighted by Gasteiger charge is 2.12. The van der Waals surface area contributed by atoms with Gasteiger partial charge in [-0.15, -0.1) is 0 Å². The molecule has 9 heteroatoms. The number of rotatable bonds is 12. The van der Waals surface area contributed by atoms with Gasteiger partial charge < -0.3 is 14.8 Å². The zero-order valence-corrected chi connectivity index (χ0v) is 19.3. The van der Waals surface area contributed by atoms with Crippen molar-refractivity contribution >= 4 is 18.1 Å². The van der Waals surface area contributed by atoms with E-state index in [1.54, 1.807) is 6.20 Å². The van der Waals surface area contributed by atoms with Crippen LogP contribution in [0.15, 0.2) is 42.6 Å². The molecule has 32 heavy (non-hydrogen) atoms. The molecule has 2 heterocycles. The summed E-state index contributed by atoms with van der Waals surface area (Å²) in [6.45, 7) is 6.04. The summed E-state index contributed by atoms with van der Waals surface area (Å²) in [6, 6.07) is 11.4. The zero-order chi connectivity index (χ0) is 22.8. The zero-order valence-electron chi connectivity index (χ0n) is 18.5. The molecule has 0 radical (unpaired) electrons. The van der Waals surface area contributed by atoms with Crippen molar-refractivity contribution in [3.8, 4) is 23.0 Å². The number of nitrogens with one attached hydrogen (secondary N) is 2. The minimum Gasteiger partial charge on any atom is -0.494 e. The minimum atomic E-state index is -0.0888. The summed E-state index contributed by atoms with van der Waals surface area (Å²) in [7, 11) is 0. The van der Waals surface area contributed by atoms with Gasteiger partial charge in [0.05, 0.1) is 13.2 Å². The summed E-state index contributed by atoms with van der Waals surface area (Å²) >= 11 is 5.36. The van der Waals surface area contributed by atoms with Gasteiger partial charge in [-0.3, -0.25) is 14.5 Å². The molecule has 0 aliphatic rings. The third kappa shape index (κ3) is 6.40. The van der Waals surface area contributed by atoms with Crippen LogP contribution in [0.5, 0.6) is 11.6 Å². The Hall–Kier alpha value is -3.20. The topological polar surface area (TPSA) is 94.1 Å². The molecule has 0 atom stereocenters. The summed E-state index contributed by atoms with van der Waals surface area (Å²) in [4.78, 5) is 16.8. The van der Waals surface area contributed by atoms with Crippen molar-refractivity contribution in [3.63, 3.8) is 0 Å². The Morgan fingerprint density at radius 3 is 2.75 bits per heavy atom. The van der Waals surface area contributed by atoms with E-state index in [4.69, 9.17) is 21.7 Å². The monoisotopic (exact) mass is 455 g/mol. The van der Waals surface area contributed by atoms with Crippen LogP contribution in [0, 0.1) is 4.77 Å². The third-order valence-electron chi connectivity index (χ3n) is 4.81. The van der Waals surface area contributed by atoms with Crippen molar-refractivity contribution < 1.29 is 14.3 Å². The van der Waals surface area contributed by atoms with Gasteiger partial charge in [-0.05, 0) is 55.9 Å². The fraction of sp³-hybridized carbons (Fsp3) is 0.391. The van der Waals surface area contributed by atoms with Crippen molar-refractivity contribution in [1.82, 2.24) is 25.1 Å². The Morgan fingerprint density at radius 1 is 1.19 bits per heavy atom. The van der Waals surface area contributed by atoms with E-state index in [1.807, 2.05) is 47.9 Å². The maximum absolute atomic E-state index is 12.5. The Bertz CT molecular complexity index is 1060. The van der Waals surface area contributed by atoms with Crippen LogP contribution < -0.4 is 14.8 Å². The van der Waals surface area contributed by atoms with Crippen LogP contribution in [-0.4, -0.2) is 38.9 Å². The van der Waals surface area contributed by atoms with E-state index in [-0.39, 0.29) is 12.3 Å². The molecule has 2 aromatic heterocycles. The number of carbonyl (C=O) groups is 1. The molecule has 0 aliphatic carbocycles. The summed E-state index contributed by atoms with van der Waals surface area (Å²) in [5.41, 5.74) is 1.75. The van der Waals surface area contributed by atoms with Crippen molar-refractivity contribution in [2.24, 2.45) is 0 Å². The van der Waals surface area contributed by atoms with Gasteiger partial charge in [-0.1, -0.05) is 19.4 Å². The lowest BCUT2D eigenvalue weighted by Crippen LogP contribution is -2.24. The molecule has 1 amide bonds. The standard InChI is InChI=1S/C23H29N5O3S/c1-3-5-15-31-22-18(7-6-13-24-22)16-25-20(29)12-14-28-21(26-27-23(28)32)17-8-10-19(11-9-17)30-4-2/h6-11,13H,3-5,12,14-16H2,1-2H3,(H,25,29)(H,27,32). The van der Waals surface area contributed by atoms with Gasteiger partial charge >= 0.3 is 0 Å². The van der Waals surface area contributed by atoms with E-state index in [9.17, 15) is 4.79 Å². The number of carbonyl (C=O) groups excluding carboxylic acids is 1. The number of ether oxygens (including phenoxy) is 2. The predicted octanol–water partition coefficient (Wildman–Crippen LogP) is 4.29. The number of hydrogen-bond donors (Lipinski definition) is 2. The molecule has 2 N–H and O–H groups in total. The first-order chi connectivity index (χ1) is 15.6. The summed E-state index contributed by atoms with van der Waals surface area (Å²) in [5.74, 6) is 1.96. The number of H-pyrrole nitrogens is 1. The van der Waals surface area contributed by atoms with Crippen molar-refractivity contribution in [1.29, 1.82) is 0 Å². The van der Waals surface area contributed by atoms with E-state index in [0.29, 0.717) is 42.8 Å². The predicted molar refractivity (Wildman–Crippen MR) is 125 cm³/mol. The summed E-state index contributed by atoms with van der Waals surface area (Å²) in [5, 5.41) is 10.1. The third-order valence-corrected chi connectivity index (χ3v) is 5.12. The lowest BCUT2D eigenvalue weighted by Gasteiger charge is -2.11. The van der Waals surface area contributed by atoms with Crippen LogP contribution in [0.4, 0.5) is 0 Å². The van der Waals surface area contributed by atoms with Crippen LogP contribution in [0.25, 0.3) is 11.4 Å². The Morgan fingerprint density at radius 2 is 2.00 bits per heavy atom. The SMILES string of the molecule is CCCCOc1ncccc1CNC(=O)CCn1c(-c2ccc(OCC)cc2)n[nH]c1=S. The van der Waals surface area contributed by atoms with Crippen molar-refractivity contribution in [3.05, 3.63) is 52.9 Å². The molecule has 8 nitrogen and oxygen atoms in total. The van der Waals surface area contributed by atoms with Gasteiger partial charge in [0.2, 0.25) is 11.8 Å². The van der Waals surface area contributed by atoms with Gasteiger partial charge in [0.25, 0.3) is 0 Å². The lowest BCUT2D eigenvalue weighted by molar-refractivity contribution is -0.121. The Balaban J connectivity index is 1.58. The fourth-order valence-corrected chi connectivity index (χ4v) is 3.33. The molecule has 0 saturated heterocycles. The number of aromatic nitrogens is 4. The van der Waals surface area contributed by atoms with Gasteiger partial charge in [0.15, 0.2) is 10.6 Å². The molecule has 0 aliphatic heterocycles. The van der Waals surface area contributed by atoms with Crippen molar-refractivity contribution in [2.45, 2.75) is 46.2 Å². The van der Waals surface area contributed by atoms with Crippen LogP contribution in [-0.2, 0) is 17.9 Å². The quantitative estimate of drug-likeness (QED) is 0.313. The Kier molecular flexibility index (Phi) is 8.79. The van der Waals surface area contributed by atoms with Crippen LogP contribution in [0.2, 0.25) is 0 Å². The van der Waals surface area contributed by atoms with Crippen LogP contribution in [0.3, 0.4) is 0 Å². The number of benzene rings is 1. The number of unbranched alkanes of at least 4 members (excludes halogenated alkanes) is 1. The first-order valence-corrected chi connectivity index (χ1v) is 11.2. The number of amides is 1. The second kappa shape index (κ2) is 12.0. The molecule has 0 spiro atoms. The number of pyridine rings is 1. The molecule has 0 bridgehead atoms. The highest BCUT2D eigenvalue weighted by atomic mass is 32.1. The van der Waals surface area contributed by atoms with Crippen LogP contribution >= 0.6 is 12.2 Å². The molecule has 3 aromatic rings. The second-order valence-electron chi connectivity index (χ2n) is 7.16. The number of aromatic amines is 1. The fourth-order valence-electron chi connectivity index (χ4n) is 3.11. The maximum atomic E-state index is 12.5. The molecule has 3 rings (SSSR count). The number of hydrogen-bond acceptors (Lipinski definition) is 6. The first-order valence-electron chi connectivity index (χ1n) is 10.8. The molecule has 170 valence electrons. The average molecular weight is 456 g/mol. The minimum absolute atomic E-state index is 0.0888. The summed E-state index contributed by atoms with van der Waals surface area (Å²) in [6.07, 6.45) is 3.97. The largest absolute Gasteiger partial charge is 0.494 e. The molecule has 1 aromatic carbocycles. The Labute approximate surface area is 193 Å². The molecule has 0 unspecified atom stereocenters. The number of nitrogens with zero attached hydrogens (tertiary/aromatic N) is 3. The van der Waals surface area contributed by atoms with E-state index in [1.165, 1.54) is 0 Å². The second-order valence-corrected chi connectivity index (χ2v) is 7.54. The van der Waals surface area contributed by atoms with E-state index < -0.39 is 0 Å². The van der Waals surface area contributed by atoms with Gasteiger partial charge in [0.1, 0.15) is 5.75 Å². The highest BCUT2D eigenvalue weighted by Crippen LogP contribution is 2.21. The van der Waals surface area contributed by atoms with Gasteiger partial charge in [-0.2, -0.15) is 5.10 Å². The first kappa shape index (κ1) is 23.5. The summed E-state index contributed by atoms with van der Waals surface area (Å²) < 4.78 is 13.5. The van der Waals surface area contributed by atoms with E-state index >= 15 is 0 Å². The highest BCUT2D eigenvalue weighted by molar-refractivity contribution is 7.71. The smallest absolute Gasteiger partial charge is 0.222 e. The molecular weight excluding hydrogens is 426 g/mol. The molecule has 0 saturated carbocycles. The van der Waals surface area contributed by atoms with Crippen molar-refractivity contribution in [2.75, 3.05) is 13.2 Å². The molecular formula is C23H29N5O3S. The normalized spacial score (nSPS) is 10.7. The molecule has 0 fully saturated rings. The van der Waals surface area contributed by atoms with Crippen LogP contribution in [0.1, 0.15) is 38.7 Å². The van der Waals surface area contributed by atoms with Gasteiger partial charge in [0, 0.05) is 36.8 Å². The maximum Gasteiger partial charge on any atom is 0.222 e. The average Bonchev–Trinajstić information content (AvgIpc) is 3.18. The van der Waals surface area contributed by atoms with Gasteiger partial charge in [-0.25, -0.2) is 4.98 Å².